The number of aldehydes is 1. The molecule has 0 bridgehead atoms. The molecule has 3 nitrogen and oxygen atoms in total. The van der Waals surface area contributed by atoms with Crippen molar-refractivity contribution in [2.45, 2.75) is 6.42 Å². The molecule has 1 rings (SSSR count). The first-order chi connectivity index (χ1) is 7.22. The number of carbonyl (C=O) groups excluding carboxylic acids is 1. The average Bonchev–Trinajstić information content (AvgIpc) is 2.20. The van der Waals surface area contributed by atoms with Crippen LogP contribution in [0.5, 0.6) is 5.75 Å². The Hall–Kier alpha value is -1.35. The molecule has 0 unspecified atom stereocenters. The molecule has 0 heterocycles. The van der Waals surface area contributed by atoms with Crippen molar-refractivity contribution >= 4 is 6.29 Å². The Balaban J connectivity index is 2.39. The van der Waals surface area contributed by atoms with E-state index >= 15 is 0 Å². The molecule has 0 atom stereocenters. The van der Waals surface area contributed by atoms with Gasteiger partial charge in [-0.1, -0.05) is 12.1 Å². The zero-order valence-corrected chi connectivity index (χ0v) is 9.27. The van der Waals surface area contributed by atoms with Gasteiger partial charge in [-0.05, 0) is 31.8 Å². The van der Waals surface area contributed by atoms with Crippen LogP contribution in [-0.2, 0) is 11.2 Å². The monoisotopic (exact) mass is 207 g/mol. The van der Waals surface area contributed by atoms with E-state index in [1.807, 2.05) is 38.4 Å². The zero-order valence-electron chi connectivity index (χ0n) is 9.27. The summed E-state index contributed by atoms with van der Waals surface area (Å²) in [5.74, 6) is 0.853. The third-order valence-corrected chi connectivity index (χ3v) is 2.05. The molecule has 0 radical (unpaired) electrons. The van der Waals surface area contributed by atoms with E-state index in [0.717, 1.165) is 24.1 Å². The summed E-state index contributed by atoms with van der Waals surface area (Å²) in [5.41, 5.74) is 1.02. The highest BCUT2D eigenvalue weighted by molar-refractivity contribution is 5.55. The molecule has 15 heavy (non-hydrogen) atoms. The first kappa shape index (κ1) is 11.7. The van der Waals surface area contributed by atoms with E-state index in [1.165, 1.54) is 0 Å². The lowest BCUT2D eigenvalue weighted by molar-refractivity contribution is -0.107. The lowest BCUT2D eigenvalue weighted by atomic mass is 10.2. The molecule has 1 aromatic rings. The van der Waals surface area contributed by atoms with Crippen LogP contribution >= 0.6 is 0 Å². The lowest BCUT2D eigenvalue weighted by Crippen LogP contribution is -2.19. The van der Waals surface area contributed by atoms with Gasteiger partial charge < -0.3 is 14.4 Å². The fourth-order valence-electron chi connectivity index (χ4n) is 1.16. The Bertz CT molecular complexity index is 293. The molecule has 1 aromatic carbocycles. The molecular formula is C12H17NO2. The van der Waals surface area contributed by atoms with E-state index in [0.29, 0.717) is 13.0 Å². The molecule has 0 aliphatic rings. The van der Waals surface area contributed by atoms with E-state index in [4.69, 9.17) is 4.74 Å². The number of ether oxygens (including phenoxy) is 1. The zero-order chi connectivity index (χ0) is 11.1. The van der Waals surface area contributed by atoms with E-state index in [-0.39, 0.29) is 0 Å². The van der Waals surface area contributed by atoms with Crippen molar-refractivity contribution in [1.82, 2.24) is 4.90 Å². The summed E-state index contributed by atoms with van der Waals surface area (Å²) in [6.45, 7) is 1.58. The molecule has 0 saturated carbocycles. The highest BCUT2D eigenvalue weighted by Gasteiger charge is 1.95. The van der Waals surface area contributed by atoms with Crippen LogP contribution < -0.4 is 4.74 Å². The summed E-state index contributed by atoms with van der Waals surface area (Å²) in [4.78, 5) is 12.3. The van der Waals surface area contributed by atoms with E-state index in [2.05, 4.69) is 4.90 Å². The van der Waals surface area contributed by atoms with Gasteiger partial charge >= 0.3 is 0 Å². The van der Waals surface area contributed by atoms with Crippen LogP contribution in [0.1, 0.15) is 5.56 Å². The van der Waals surface area contributed by atoms with Crippen LogP contribution in [-0.4, -0.2) is 38.4 Å². The quantitative estimate of drug-likeness (QED) is 0.660. The highest BCUT2D eigenvalue weighted by atomic mass is 16.5. The minimum absolute atomic E-state index is 0.470. The van der Waals surface area contributed by atoms with Crippen molar-refractivity contribution in [3.63, 3.8) is 0 Å². The largest absolute Gasteiger partial charge is 0.492 e. The lowest BCUT2D eigenvalue weighted by Gasteiger charge is -2.10. The Morgan fingerprint density at radius 2 is 1.93 bits per heavy atom. The van der Waals surface area contributed by atoms with E-state index in [1.54, 1.807) is 0 Å². The number of hydrogen-bond acceptors (Lipinski definition) is 3. The summed E-state index contributed by atoms with van der Waals surface area (Å²) in [7, 11) is 4.02. The number of likely N-dealkylation sites (N-methyl/N-ethyl adjacent to an activating group) is 1. The summed E-state index contributed by atoms with van der Waals surface area (Å²) in [5, 5.41) is 0. The van der Waals surface area contributed by atoms with Gasteiger partial charge in [-0.15, -0.1) is 0 Å². The van der Waals surface area contributed by atoms with Gasteiger partial charge in [0, 0.05) is 13.0 Å². The van der Waals surface area contributed by atoms with Gasteiger partial charge in [0.2, 0.25) is 0 Å². The Kier molecular flexibility index (Phi) is 4.84. The predicted molar refractivity (Wildman–Crippen MR) is 60.3 cm³/mol. The van der Waals surface area contributed by atoms with Gasteiger partial charge in [-0.2, -0.15) is 0 Å². The normalized spacial score (nSPS) is 10.3. The van der Waals surface area contributed by atoms with Crippen molar-refractivity contribution < 1.29 is 9.53 Å². The van der Waals surface area contributed by atoms with Gasteiger partial charge in [0.05, 0.1) is 0 Å². The first-order valence-electron chi connectivity index (χ1n) is 5.02. The second-order valence-corrected chi connectivity index (χ2v) is 3.67. The number of nitrogens with zero attached hydrogens (tertiary/aromatic N) is 1. The third-order valence-electron chi connectivity index (χ3n) is 2.05. The summed E-state index contributed by atoms with van der Waals surface area (Å²) in [6, 6.07) is 7.63. The molecule has 82 valence electrons. The maximum atomic E-state index is 10.3. The van der Waals surface area contributed by atoms with Crippen LogP contribution in [0.15, 0.2) is 24.3 Å². The summed E-state index contributed by atoms with van der Waals surface area (Å²) < 4.78 is 5.52. The SMILES string of the molecule is CN(C)CCOc1ccc(CC=O)cc1. The molecule has 0 aliphatic carbocycles. The third kappa shape index (κ3) is 4.61. The number of hydrogen-bond donors (Lipinski definition) is 0. The van der Waals surface area contributed by atoms with Gasteiger partial charge in [0.15, 0.2) is 0 Å². The fourth-order valence-corrected chi connectivity index (χ4v) is 1.16. The number of benzene rings is 1. The smallest absolute Gasteiger partial charge is 0.124 e. The molecule has 0 amide bonds. The summed E-state index contributed by atoms with van der Waals surface area (Å²) in [6.07, 6.45) is 1.37. The number of carbonyl (C=O) groups is 1. The van der Waals surface area contributed by atoms with Crippen LogP contribution in [0.3, 0.4) is 0 Å². The Morgan fingerprint density at radius 3 is 2.47 bits per heavy atom. The molecule has 3 heteroatoms. The Labute approximate surface area is 90.7 Å². The van der Waals surface area contributed by atoms with Crippen molar-refractivity contribution in [1.29, 1.82) is 0 Å². The topological polar surface area (TPSA) is 29.5 Å². The van der Waals surface area contributed by atoms with Crippen LogP contribution in [0.2, 0.25) is 0 Å². The van der Waals surface area contributed by atoms with Crippen molar-refractivity contribution in [3.8, 4) is 5.75 Å². The second kappa shape index (κ2) is 6.19. The molecule has 0 aliphatic heterocycles. The van der Waals surface area contributed by atoms with Crippen molar-refractivity contribution in [2.24, 2.45) is 0 Å². The summed E-state index contributed by atoms with van der Waals surface area (Å²) >= 11 is 0. The molecule has 0 saturated heterocycles. The minimum Gasteiger partial charge on any atom is -0.492 e. The molecule has 0 aromatic heterocycles. The molecule has 0 N–H and O–H groups in total. The first-order valence-corrected chi connectivity index (χ1v) is 5.02. The maximum Gasteiger partial charge on any atom is 0.124 e. The maximum absolute atomic E-state index is 10.3. The minimum atomic E-state index is 0.470. The molecule has 0 fully saturated rings. The van der Waals surface area contributed by atoms with Gasteiger partial charge in [-0.3, -0.25) is 0 Å². The van der Waals surface area contributed by atoms with Gasteiger partial charge in [-0.25, -0.2) is 0 Å². The Morgan fingerprint density at radius 1 is 1.27 bits per heavy atom. The molecular weight excluding hydrogens is 190 g/mol. The van der Waals surface area contributed by atoms with Crippen LogP contribution in [0.25, 0.3) is 0 Å². The predicted octanol–water partition coefficient (Wildman–Crippen LogP) is 1.37. The second-order valence-electron chi connectivity index (χ2n) is 3.67. The van der Waals surface area contributed by atoms with Crippen LogP contribution in [0.4, 0.5) is 0 Å². The number of rotatable bonds is 6. The fraction of sp³-hybridized carbons (Fsp3) is 0.417. The van der Waals surface area contributed by atoms with E-state index in [9.17, 15) is 4.79 Å². The van der Waals surface area contributed by atoms with Gasteiger partial charge in [0.25, 0.3) is 0 Å². The average molecular weight is 207 g/mol. The van der Waals surface area contributed by atoms with Crippen molar-refractivity contribution in [2.75, 3.05) is 27.2 Å². The standard InChI is InChI=1S/C12H17NO2/c1-13(2)8-10-15-12-5-3-11(4-6-12)7-9-14/h3-6,9H,7-8,10H2,1-2H3. The van der Waals surface area contributed by atoms with E-state index < -0.39 is 0 Å². The van der Waals surface area contributed by atoms with Crippen LogP contribution in [0, 0.1) is 0 Å². The van der Waals surface area contributed by atoms with Gasteiger partial charge in [0.1, 0.15) is 18.6 Å². The highest BCUT2D eigenvalue weighted by Crippen LogP contribution is 2.11. The molecule has 0 spiro atoms. The van der Waals surface area contributed by atoms with Crippen molar-refractivity contribution in [3.05, 3.63) is 29.8 Å².